The van der Waals surface area contributed by atoms with Crippen molar-refractivity contribution in [3.63, 3.8) is 0 Å². The number of rotatable bonds is 0. The Morgan fingerprint density at radius 1 is 0.846 bits per heavy atom. The van der Waals surface area contributed by atoms with E-state index >= 15 is 0 Å². The molecule has 0 aromatic carbocycles. The van der Waals surface area contributed by atoms with Gasteiger partial charge in [0.1, 0.15) is 0 Å². The Morgan fingerprint density at radius 3 is 1.31 bits per heavy atom. The van der Waals surface area contributed by atoms with Crippen molar-refractivity contribution in [3.8, 4) is 0 Å². The fraction of sp³-hybridized carbons (Fsp3) is 0.273. The van der Waals surface area contributed by atoms with E-state index < -0.39 is 0 Å². The Bertz CT molecular complexity index is 229. The van der Waals surface area contributed by atoms with Crippen molar-refractivity contribution in [1.82, 2.24) is 0 Å². The molecule has 0 heterocycles. The first-order valence-electron chi connectivity index (χ1n) is 3.79. The van der Waals surface area contributed by atoms with Crippen molar-refractivity contribution in [3.05, 3.63) is 45.4 Å². The summed E-state index contributed by atoms with van der Waals surface area (Å²) in [6.07, 6.45) is 14.4. The van der Waals surface area contributed by atoms with Gasteiger partial charge in [0.05, 0.1) is 0 Å². The Morgan fingerprint density at radius 2 is 1.23 bits per heavy atom. The summed E-state index contributed by atoms with van der Waals surface area (Å²) in [5.74, 6) is 0. The molecule has 0 N–H and O–H groups in total. The van der Waals surface area contributed by atoms with Gasteiger partial charge in [-0.3, -0.25) is 0 Å². The first kappa shape index (κ1) is 13.0. The van der Waals surface area contributed by atoms with E-state index in [4.69, 9.17) is 0 Å². The molecule has 0 atom stereocenters. The summed E-state index contributed by atoms with van der Waals surface area (Å²) in [5.41, 5.74) is 0. The van der Waals surface area contributed by atoms with Gasteiger partial charge in [-0.2, -0.15) is 0 Å². The van der Waals surface area contributed by atoms with E-state index in [1.807, 2.05) is 24.3 Å². The molecule has 13 heavy (non-hydrogen) atoms. The van der Waals surface area contributed by atoms with Crippen LogP contribution in [0.15, 0.2) is 45.4 Å². The van der Waals surface area contributed by atoms with Gasteiger partial charge in [-0.1, -0.05) is 7.43 Å². The van der Waals surface area contributed by atoms with Gasteiger partial charge in [0.2, 0.25) is 0 Å². The van der Waals surface area contributed by atoms with Crippen LogP contribution in [0.3, 0.4) is 0 Å². The molecule has 0 fully saturated rings. The van der Waals surface area contributed by atoms with Crippen LogP contribution in [0.1, 0.15) is 20.3 Å². The quantitative estimate of drug-likeness (QED) is 0.584. The molecule has 2 heteroatoms. The predicted octanol–water partition coefficient (Wildman–Crippen LogP) is 3.39. The molecule has 2 aliphatic carbocycles. The minimum atomic E-state index is 0. The van der Waals surface area contributed by atoms with Crippen LogP contribution < -0.4 is 0 Å². The predicted molar refractivity (Wildman–Crippen MR) is 50.4 cm³/mol. The maximum atomic E-state index is 3.74. The molecule has 2 rings (SSSR count). The van der Waals surface area contributed by atoms with Crippen molar-refractivity contribution in [1.29, 1.82) is 0 Å². The summed E-state index contributed by atoms with van der Waals surface area (Å²) in [4.78, 5) is 0. The average Bonchev–Trinajstić information content (AvgIpc) is 2.63. The third-order valence-electron chi connectivity index (χ3n) is 1.43. The molecule has 0 unspecified atom stereocenters. The van der Waals surface area contributed by atoms with Gasteiger partial charge in [-0.25, -0.2) is 0 Å². The molecular formula is C11H14Fe2. The van der Waals surface area contributed by atoms with Gasteiger partial charge in [0.15, 0.2) is 0 Å². The Hall–Kier alpha value is -0.00104. The number of allylic oxidation sites excluding steroid dienone is 8. The van der Waals surface area contributed by atoms with E-state index in [-0.39, 0.29) is 7.43 Å². The molecular weight excluding hydrogens is 244 g/mol. The molecule has 0 saturated carbocycles. The molecule has 0 aliphatic heterocycles. The molecule has 0 aromatic rings. The van der Waals surface area contributed by atoms with Gasteiger partial charge >= 0.3 is 90.3 Å². The van der Waals surface area contributed by atoms with E-state index in [2.05, 4.69) is 44.2 Å². The summed E-state index contributed by atoms with van der Waals surface area (Å²) in [6, 6.07) is 0. The average molecular weight is 258 g/mol. The molecule has 0 saturated heterocycles. The molecule has 0 nitrogen and oxygen atoms in total. The summed E-state index contributed by atoms with van der Waals surface area (Å²) in [7, 11) is 0. The van der Waals surface area contributed by atoms with E-state index in [9.17, 15) is 0 Å². The zero-order valence-electron chi connectivity index (χ0n) is 6.59. The van der Waals surface area contributed by atoms with Crippen LogP contribution in [-0.2, 0) is 32.0 Å². The van der Waals surface area contributed by atoms with Crippen LogP contribution >= 0.6 is 0 Å². The molecule has 2 aliphatic rings. The fourth-order valence-electron chi connectivity index (χ4n) is 0.832. The molecule has 0 bridgehead atoms. The van der Waals surface area contributed by atoms with Gasteiger partial charge in [-0.05, 0) is 0 Å². The zero-order valence-corrected chi connectivity index (χ0v) is 8.79. The molecule has 0 aromatic heterocycles. The van der Waals surface area contributed by atoms with Crippen LogP contribution in [0.25, 0.3) is 0 Å². The van der Waals surface area contributed by atoms with E-state index in [0.717, 1.165) is 12.8 Å². The normalized spacial score (nSPS) is 17.1. The van der Waals surface area contributed by atoms with Crippen molar-refractivity contribution >= 4 is 0 Å². The second-order valence-corrected chi connectivity index (χ2v) is 3.88. The summed E-state index contributed by atoms with van der Waals surface area (Å²) in [6.45, 7) is 0. The monoisotopic (exact) mass is 258 g/mol. The molecule has 0 radical (unpaired) electrons. The number of hydrogen-bond donors (Lipinski definition) is 0. The topological polar surface area (TPSA) is 0 Å². The third-order valence-corrected chi connectivity index (χ3v) is 2.25. The summed E-state index contributed by atoms with van der Waals surface area (Å²) < 4.78 is 2.44. The third kappa shape index (κ3) is 6.12. The molecule has 0 spiro atoms. The van der Waals surface area contributed by atoms with E-state index in [0.29, 0.717) is 0 Å². The van der Waals surface area contributed by atoms with Crippen molar-refractivity contribution < 1.29 is 32.0 Å². The minimum absolute atomic E-state index is 0. The van der Waals surface area contributed by atoms with Gasteiger partial charge in [0.25, 0.3) is 0 Å². The molecule has 0 amide bonds. The second kappa shape index (κ2) is 7.41. The Labute approximate surface area is 97.5 Å². The van der Waals surface area contributed by atoms with Gasteiger partial charge in [0, 0.05) is 0 Å². The zero-order chi connectivity index (χ0) is 8.81. The molecule has 74 valence electrons. The van der Waals surface area contributed by atoms with Crippen molar-refractivity contribution in [2.75, 3.05) is 0 Å². The van der Waals surface area contributed by atoms with Crippen LogP contribution in [-0.4, -0.2) is 0 Å². The standard InChI is InChI=1S/2C5H5.CH4.2Fe/c2*1-2-4-5-3-1;;;/h2*1-3H,4H2;1H4;;. The Balaban J connectivity index is 0.000000206. The van der Waals surface area contributed by atoms with Crippen molar-refractivity contribution in [2.24, 2.45) is 0 Å². The van der Waals surface area contributed by atoms with Crippen molar-refractivity contribution in [2.45, 2.75) is 20.3 Å². The van der Waals surface area contributed by atoms with Gasteiger partial charge in [-0.15, -0.1) is 0 Å². The van der Waals surface area contributed by atoms with Gasteiger partial charge < -0.3 is 0 Å². The first-order chi connectivity index (χ1) is 5.79. The Kier molecular flexibility index (Phi) is 7.41. The van der Waals surface area contributed by atoms with E-state index in [1.165, 1.54) is 8.94 Å². The second-order valence-electron chi connectivity index (χ2n) is 2.46. The van der Waals surface area contributed by atoms with Crippen LogP contribution in [0.4, 0.5) is 0 Å². The summed E-state index contributed by atoms with van der Waals surface area (Å²) >= 11 is 7.47. The fourth-order valence-corrected chi connectivity index (χ4v) is 1.30. The summed E-state index contributed by atoms with van der Waals surface area (Å²) in [5, 5.41) is 0. The van der Waals surface area contributed by atoms with Crippen LogP contribution in [0, 0.1) is 0 Å². The SMILES string of the molecule is C.[Fe][C]1=CC=CC1.[Fe][C]1=CC=CC1. The van der Waals surface area contributed by atoms with E-state index in [1.54, 1.807) is 0 Å². The maximum absolute atomic E-state index is 3.74. The van der Waals surface area contributed by atoms with Crippen LogP contribution in [0.2, 0.25) is 0 Å². The van der Waals surface area contributed by atoms with Crippen LogP contribution in [0.5, 0.6) is 0 Å². The first-order valence-corrected chi connectivity index (χ1v) is 4.89. The number of hydrogen-bond acceptors (Lipinski definition) is 0.